The number of benzene rings is 1. The molecule has 1 unspecified atom stereocenters. The Morgan fingerprint density at radius 1 is 1.36 bits per heavy atom. The summed E-state index contributed by atoms with van der Waals surface area (Å²) in [5, 5.41) is 0. The quantitative estimate of drug-likeness (QED) is 0.785. The van der Waals surface area contributed by atoms with Crippen LogP contribution in [-0.4, -0.2) is 11.8 Å². The lowest BCUT2D eigenvalue weighted by atomic mass is 10.3. The molecule has 0 aromatic heterocycles. The van der Waals surface area contributed by atoms with Gasteiger partial charge >= 0.3 is 0 Å². The minimum atomic E-state index is -0.804. The van der Waals surface area contributed by atoms with Crippen molar-refractivity contribution >= 4 is 11.8 Å². The van der Waals surface area contributed by atoms with Crippen molar-refractivity contribution in [2.24, 2.45) is 5.73 Å². The molecule has 0 aliphatic heterocycles. The van der Waals surface area contributed by atoms with E-state index in [0.717, 1.165) is 23.1 Å². The molecule has 78 valence electrons. The molecule has 2 N–H and O–H groups in total. The van der Waals surface area contributed by atoms with Gasteiger partial charge in [0.2, 0.25) is 0 Å². The summed E-state index contributed by atoms with van der Waals surface area (Å²) in [6, 6.07) is 4.07. The lowest BCUT2D eigenvalue weighted by Crippen LogP contribution is -2.15. The van der Waals surface area contributed by atoms with Crippen LogP contribution in [0.4, 0.5) is 8.78 Å². The maximum atomic E-state index is 12.8. The zero-order valence-electron chi connectivity index (χ0n) is 7.97. The molecule has 1 nitrogen and oxygen atoms in total. The van der Waals surface area contributed by atoms with E-state index in [-0.39, 0.29) is 6.04 Å². The first-order valence-corrected chi connectivity index (χ1v) is 5.41. The molecule has 0 amide bonds. The Morgan fingerprint density at radius 2 is 2.07 bits per heavy atom. The standard InChI is InChI=1S/C10H13F2NS/c1-7(13)4-5-14-8-2-3-9(11)10(12)6-8/h2-3,6-7H,4-5,13H2,1H3. The number of nitrogens with two attached hydrogens (primary N) is 1. The average molecular weight is 217 g/mol. The first-order valence-electron chi connectivity index (χ1n) is 4.43. The van der Waals surface area contributed by atoms with Crippen LogP contribution in [0.3, 0.4) is 0 Å². The van der Waals surface area contributed by atoms with E-state index < -0.39 is 11.6 Å². The van der Waals surface area contributed by atoms with Crippen LogP contribution in [0.5, 0.6) is 0 Å². The van der Waals surface area contributed by atoms with Gasteiger partial charge < -0.3 is 5.73 Å². The van der Waals surface area contributed by atoms with Crippen molar-refractivity contribution in [1.82, 2.24) is 0 Å². The smallest absolute Gasteiger partial charge is 0.159 e. The van der Waals surface area contributed by atoms with Gasteiger partial charge in [0.15, 0.2) is 11.6 Å². The van der Waals surface area contributed by atoms with Crippen LogP contribution in [0.1, 0.15) is 13.3 Å². The van der Waals surface area contributed by atoms with Crippen LogP contribution in [0.15, 0.2) is 23.1 Å². The number of halogens is 2. The molecule has 0 saturated carbocycles. The van der Waals surface area contributed by atoms with Gasteiger partial charge in [0.05, 0.1) is 0 Å². The van der Waals surface area contributed by atoms with Crippen LogP contribution in [0, 0.1) is 11.6 Å². The zero-order chi connectivity index (χ0) is 10.6. The molecule has 0 heterocycles. The van der Waals surface area contributed by atoms with E-state index in [1.54, 1.807) is 6.07 Å². The molecular weight excluding hydrogens is 204 g/mol. The molecule has 0 radical (unpaired) electrons. The van der Waals surface area contributed by atoms with Crippen LogP contribution >= 0.6 is 11.8 Å². The maximum absolute atomic E-state index is 12.8. The SMILES string of the molecule is CC(N)CCSc1ccc(F)c(F)c1. The summed E-state index contributed by atoms with van der Waals surface area (Å²) in [7, 11) is 0. The van der Waals surface area contributed by atoms with Gasteiger partial charge in [-0.25, -0.2) is 8.78 Å². The second-order valence-electron chi connectivity index (χ2n) is 3.19. The summed E-state index contributed by atoms with van der Waals surface area (Å²) in [5.74, 6) is -0.778. The third kappa shape index (κ3) is 3.64. The molecule has 14 heavy (non-hydrogen) atoms. The Morgan fingerprint density at radius 3 is 2.64 bits per heavy atom. The van der Waals surface area contributed by atoms with Crippen molar-refractivity contribution in [3.05, 3.63) is 29.8 Å². The molecule has 1 aromatic carbocycles. The molecule has 0 bridgehead atoms. The first kappa shape index (κ1) is 11.5. The van der Waals surface area contributed by atoms with Crippen molar-refractivity contribution in [2.75, 3.05) is 5.75 Å². The van der Waals surface area contributed by atoms with Gasteiger partial charge in [0.1, 0.15) is 0 Å². The van der Waals surface area contributed by atoms with E-state index in [0.29, 0.717) is 0 Å². The lowest BCUT2D eigenvalue weighted by molar-refractivity contribution is 0.506. The Bertz CT molecular complexity index is 302. The summed E-state index contributed by atoms with van der Waals surface area (Å²) in [6.45, 7) is 1.92. The van der Waals surface area contributed by atoms with Crippen LogP contribution in [0.25, 0.3) is 0 Å². The van der Waals surface area contributed by atoms with Gasteiger partial charge in [-0.2, -0.15) is 0 Å². The van der Waals surface area contributed by atoms with E-state index >= 15 is 0 Å². The molecule has 0 saturated heterocycles. The summed E-state index contributed by atoms with van der Waals surface area (Å²) < 4.78 is 25.3. The molecule has 1 aromatic rings. The van der Waals surface area contributed by atoms with Crippen molar-refractivity contribution in [1.29, 1.82) is 0 Å². The maximum Gasteiger partial charge on any atom is 0.159 e. The Hall–Kier alpha value is -0.610. The predicted molar refractivity (Wildman–Crippen MR) is 55.3 cm³/mol. The number of thioether (sulfide) groups is 1. The molecule has 0 spiro atoms. The van der Waals surface area contributed by atoms with E-state index in [1.807, 2.05) is 6.92 Å². The second-order valence-corrected chi connectivity index (χ2v) is 4.36. The van der Waals surface area contributed by atoms with E-state index in [4.69, 9.17) is 5.73 Å². The largest absolute Gasteiger partial charge is 0.328 e. The van der Waals surface area contributed by atoms with Crippen LogP contribution in [-0.2, 0) is 0 Å². The summed E-state index contributed by atoms with van der Waals surface area (Å²) in [6.07, 6.45) is 0.865. The lowest BCUT2D eigenvalue weighted by Gasteiger charge is -2.04. The fraction of sp³-hybridized carbons (Fsp3) is 0.400. The molecule has 1 atom stereocenters. The minimum Gasteiger partial charge on any atom is -0.328 e. The third-order valence-corrected chi connectivity index (χ3v) is 2.76. The first-order chi connectivity index (χ1) is 6.59. The van der Waals surface area contributed by atoms with Crippen LogP contribution in [0.2, 0.25) is 0 Å². The Balaban J connectivity index is 2.47. The predicted octanol–water partition coefficient (Wildman–Crippen LogP) is 2.79. The van der Waals surface area contributed by atoms with Crippen molar-refractivity contribution in [2.45, 2.75) is 24.3 Å². The van der Waals surface area contributed by atoms with Crippen molar-refractivity contribution in [3.8, 4) is 0 Å². The fourth-order valence-electron chi connectivity index (χ4n) is 0.929. The topological polar surface area (TPSA) is 26.0 Å². The molecular formula is C10H13F2NS. The number of hydrogen-bond acceptors (Lipinski definition) is 2. The van der Waals surface area contributed by atoms with E-state index in [9.17, 15) is 8.78 Å². The monoisotopic (exact) mass is 217 g/mol. The highest BCUT2D eigenvalue weighted by Gasteiger charge is 2.03. The second kappa shape index (κ2) is 5.32. The van der Waals surface area contributed by atoms with Gasteiger partial charge in [-0.05, 0) is 37.3 Å². The van der Waals surface area contributed by atoms with E-state index in [1.165, 1.54) is 17.8 Å². The van der Waals surface area contributed by atoms with Gasteiger partial charge in [0, 0.05) is 10.9 Å². The molecule has 0 aliphatic carbocycles. The minimum absolute atomic E-state index is 0.146. The molecule has 4 heteroatoms. The summed E-state index contributed by atoms with van der Waals surface area (Å²) in [5.41, 5.74) is 5.56. The Kier molecular flexibility index (Phi) is 4.35. The highest BCUT2D eigenvalue weighted by Crippen LogP contribution is 2.21. The summed E-state index contributed by atoms with van der Waals surface area (Å²) in [4.78, 5) is 0.740. The fourth-order valence-corrected chi connectivity index (χ4v) is 2.01. The number of hydrogen-bond donors (Lipinski definition) is 1. The molecule has 1 rings (SSSR count). The van der Waals surface area contributed by atoms with Crippen molar-refractivity contribution < 1.29 is 8.78 Å². The van der Waals surface area contributed by atoms with Gasteiger partial charge in [-0.15, -0.1) is 11.8 Å². The summed E-state index contributed by atoms with van der Waals surface area (Å²) >= 11 is 1.48. The normalized spacial score (nSPS) is 12.9. The number of rotatable bonds is 4. The zero-order valence-corrected chi connectivity index (χ0v) is 8.78. The van der Waals surface area contributed by atoms with Crippen molar-refractivity contribution in [3.63, 3.8) is 0 Å². The average Bonchev–Trinajstić information content (AvgIpc) is 2.10. The van der Waals surface area contributed by atoms with E-state index in [2.05, 4.69) is 0 Å². The highest BCUT2D eigenvalue weighted by atomic mass is 32.2. The Labute approximate surface area is 86.7 Å². The van der Waals surface area contributed by atoms with Gasteiger partial charge in [-0.3, -0.25) is 0 Å². The highest BCUT2D eigenvalue weighted by molar-refractivity contribution is 7.99. The van der Waals surface area contributed by atoms with Crippen LogP contribution < -0.4 is 5.73 Å². The van der Waals surface area contributed by atoms with Gasteiger partial charge in [-0.1, -0.05) is 0 Å². The molecule has 0 fully saturated rings. The molecule has 0 aliphatic rings. The van der Waals surface area contributed by atoms with Gasteiger partial charge in [0.25, 0.3) is 0 Å². The third-order valence-electron chi connectivity index (χ3n) is 1.73.